The number of methoxy groups -OCH3 is 2. The van der Waals surface area contributed by atoms with Crippen LogP contribution in [-0.4, -0.2) is 44.3 Å². The molecule has 5 rings (SSSR count). The summed E-state index contributed by atoms with van der Waals surface area (Å²) >= 11 is 0. The number of ether oxygens (including phenoxy) is 3. The van der Waals surface area contributed by atoms with Crippen molar-refractivity contribution in [2.45, 2.75) is 11.7 Å². The van der Waals surface area contributed by atoms with E-state index in [0.29, 0.717) is 23.7 Å². The average molecular weight is 406 g/mol. The zero-order valence-corrected chi connectivity index (χ0v) is 16.7. The molecule has 0 saturated carbocycles. The predicted octanol–water partition coefficient (Wildman–Crippen LogP) is 2.63. The van der Waals surface area contributed by atoms with Gasteiger partial charge in [-0.15, -0.1) is 0 Å². The quantitative estimate of drug-likeness (QED) is 0.773. The molecule has 154 valence electrons. The molecule has 1 N–H and O–H groups in total. The highest BCUT2D eigenvalue weighted by Crippen LogP contribution is 2.52. The molecule has 3 aliphatic rings. The molecule has 2 saturated heterocycles. The fourth-order valence-electron chi connectivity index (χ4n) is 4.76. The van der Waals surface area contributed by atoms with Gasteiger partial charge in [0.2, 0.25) is 11.8 Å². The Morgan fingerprint density at radius 1 is 1.13 bits per heavy atom. The summed E-state index contributed by atoms with van der Waals surface area (Å²) < 4.78 is 16.7. The van der Waals surface area contributed by atoms with Crippen LogP contribution < -0.4 is 19.7 Å². The van der Waals surface area contributed by atoms with Crippen LogP contribution in [0.15, 0.2) is 60.7 Å². The smallest absolute Gasteiger partial charge is 0.234 e. The maximum Gasteiger partial charge on any atom is 0.234 e. The van der Waals surface area contributed by atoms with Crippen molar-refractivity contribution < 1.29 is 23.8 Å². The number of rotatable bonds is 5. The molecule has 2 amide bonds. The van der Waals surface area contributed by atoms with Crippen molar-refractivity contribution in [2.75, 3.05) is 31.0 Å². The number of anilines is 2. The number of nitrogens with zero attached hydrogens (tertiary/aromatic N) is 1. The summed E-state index contributed by atoms with van der Waals surface area (Å²) in [7, 11) is 3.09. The van der Waals surface area contributed by atoms with Crippen molar-refractivity contribution in [1.82, 2.24) is 0 Å². The minimum Gasteiger partial charge on any atom is -0.493 e. The van der Waals surface area contributed by atoms with E-state index in [2.05, 4.69) is 5.32 Å². The summed E-state index contributed by atoms with van der Waals surface area (Å²) in [6, 6.07) is 14.6. The van der Waals surface area contributed by atoms with E-state index in [4.69, 9.17) is 14.2 Å². The maximum atomic E-state index is 13.3. The van der Waals surface area contributed by atoms with Gasteiger partial charge in [-0.1, -0.05) is 30.4 Å². The van der Waals surface area contributed by atoms with Gasteiger partial charge < -0.3 is 24.4 Å². The third kappa shape index (κ3) is 2.69. The second-order valence-corrected chi connectivity index (χ2v) is 7.72. The van der Waals surface area contributed by atoms with Crippen molar-refractivity contribution in [3.63, 3.8) is 0 Å². The predicted molar refractivity (Wildman–Crippen MR) is 111 cm³/mol. The van der Waals surface area contributed by atoms with Gasteiger partial charge in [-0.2, -0.15) is 0 Å². The molecule has 2 bridgehead atoms. The molecule has 3 aliphatic heterocycles. The van der Waals surface area contributed by atoms with Gasteiger partial charge in [0.05, 0.1) is 38.7 Å². The number of fused-ring (bicyclic) bond motifs is 1. The van der Waals surface area contributed by atoms with Crippen LogP contribution in [0.5, 0.6) is 11.5 Å². The summed E-state index contributed by atoms with van der Waals surface area (Å²) in [6.07, 6.45) is 3.44. The first-order valence-corrected chi connectivity index (χ1v) is 9.83. The number of nitrogens with one attached hydrogen (secondary N) is 1. The number of amides is 2. The fraction of sp³-hybridized carbons (Fsp3) is 0.304. The lowest BCUT2D eigenvalue weighted by atomic mass is 9.77. The SMILES string of the molecule is COc1ccc(NC(=O)C2C3C=C[C@@]4(CN(c5ccccc5)C(=O)C24)O3)cc1OC. The number of hydrogen-bond donors (Lipinski definition) is 1. The van der Waals surface area contributed by atoms with Crippen LogP contribution in [0.1, 0.15) is 0 Å². The van der Waals surface area contributed by atoms with Gasteiger partial charge in [0.15, 0.2) is 11.5 Å². The third-order valence-electron chi connectivity index (χ3n) is 6.12. The van der Waals surface area contributed by atoms with Crippen molar-refractivity contribution >= 4 is 23.2 Å². The van der Waals surface area contributed by atoms with Gasteiger partial charge in [-0.05, 0) is 24.3 Å². The third-order valence-corrected chi connectivity index (χ3v) is 6.12. The Hall–Kier alpha value is -3.32. The molecular formula is C23H22N2O5. The Kier molecular flexibility index (Phi) is 4.29. The van der Waals surface area contributed by atoms with E-state index in [-0.39, 0.29) is 11.8 Å². The molecule has 30 heavy (non-hydrogen) atoms. The maximum absolute atomic E-state index is 13.3. The Labute approximate surface area is 174 Å². The molecule has 2 aromatic carbocycles. The molecule has 2 aromatic rings. The first-order valence-electron chi connectivity index (χ1n) is 9.83. The Bertz CT molecular complexity index is 1040. The van der Waals surface area contributed by atoms with Gasteiger partial charge in [-0.25, -0.2) is 0 Å². The molecule has 3 unspecified atom stereocenters. The lowest BCUT2D eigenvalue weighted by molar-refractivity contribution is -0.128. The van der Waals surface area contributed by atoms with Crippen molar-refractivity contribution in [1.29, 1.82) is 0 Å². The number of para-hydroxylation sites is 1. The van der Waals surface area contributed by atoms with Crippen LogP contribution in [0.4, 0.5) is 11.4 Å². The fourth-order valence-corrected chi connectivity index (χ4v) is 4.76. The monoisotopic (exact) mass is 406 g/mol. The van der Waals surface area contributed by atoms with Gasteiger partial charge in [-0.3, -0.25) is 9.59 Å². The van der Waals surface area contributed by atoms with E-state index in [1.54, 1.807) is 30.2 Å². The highest BCUT2D eigenvalue weighted by molar-refractivity contribution is 6.05. The van der Waals surface area contributed by atoms with E-state index in [1.165, 1.54) is 7.11 Å². The number of hydrogen-bond acceptors (Lipinski definition) is 5. The van der Waals surface area contributed by atoms with Crippen LogP contribution in [0, 0.1) is 11.8 Å². The van der Waals surface area contributed by atoms with E-state index >= 15 is 0 Å². The highest BCUT2D eigenvalue weighted by atomic mass is 16.5. The summed E-state index contributed by atoms with van der Waals surface area (Å²) in [5.74, 6) is -0.377. The Balaban J connectivity index is 1.41. The lowest BCUT2D eigenvalue weighted by Gasteiger charge is -2.23. The van der Waals surface area contributed by atoms with Gasteiger partial charge in [0.1, 0.15) is 5.60 Å². The topological polar surface area (TPSA) is 77.1 Å². The summed E-state index contributed by atoms with van der Waals surface area (Å²) in [5, 5.41) is 2.92. The standard InChI is InChI=1S/C23H22N2O5/c1-28-16-9-8-14(12-18(16)29-2)24-21(26)19-17-10-11-23(30-17)13-25(22(27)20(19)23)15-6-4-3-5-7-15/h3-12,17,19-20H,13H2,1-2H3,(H,24,26)/t17?,19?,20?,23-/m0/s1. The zero-order valence-electron chi connectivity index (χ0n) is 16.7. The number of carbonyl (C=O) groups excluding carboxylic acids is 2. The minimum absolute atomic E-state index is 0.0829. The van der Waals surface area contributed by atoms with E-state index in [9.17, 15) is 9.59 Å². The zero-order chi connectivity index (χ0) is 20.9. The summed E-state index contributed by atoms with van der Waals surface area (Å²) in [6.45, 7) is 0.410. The normalized spacial score (nSPS) is 28.5. The van der Waals surface area contributed by atoms with Crippen LogP contribution in [0.3, 0.4) is 0 Å². The second kappa shape index (κ2) is 6.88. The average Bonchev–Trinajstić information content (AvgIpc) is 3.42. The summed E-state index contributed by atoms with van der Waals surface area (Å²) in [5.41, 5.74) is 0.631. The van der Waals surface area contributed by atoms with Crippen molar-refractivity contribution in [2.24, 2.45) is 11.8 Å². The van der Waals surface area contributed by atoms with Crippen molar-refractivity contribution in [3.05, 3.63) is 60.7 Å². The molecule has 0 aliphatic carbocycles. The summed E-state index contributed by atoms with van der Waals surface area (Å²) in [4.78, 5) is 28.3. The molecular weight excluding hydrogens is 384 g/mol. The highest BCUT2D eigenvalue weighted by Gasteiger charge is 2.67. The van der Waals surface area contributed by atoms with Gasteiger partial charge >= 0.3 is 0 Å². The number of benzene rings is 2. The molecule has 7 nitrogen and oxygen atoms in total. The first-order chi connectivity index (χ1) is 14.6. The molecule has 1 spiro atoms. The lowest BCUT2D eigenvalue weighted by Crippen LogP contribution is -2.41. The molecule has 2 fully saturated rings. The van der Waals surface area contributed by atoms with Crippen molar-refractivity contribution in [3.8, 4) is 11.5 Å². The van der Waals surface area contributed by atoms with Gasteiger partial charge in [0.25, 0.3) is 0 Å². The molecule has 4 atom stereocenters. The molecule has 0 aromatic heterocycles. The molecule has 3 heterocycles. The largest absolute Gasteiger partial charge is 0.493 e. The van der Waals surface area contributed by atoms with Crippen LogP contribution in [-0.2, 0) is 14.3 Å². The Morgan fingerprint density at radius 2 is 1.90 bits per heavy atom. The van der Waals surface area contributed by atoms with Gasteiger partial charge in [0, 0.05) is 17.4 Å². The van der Waals surface area contributed by atoms with E-state index in [1.807, 2.05) is 42.5 Å². The van der Waals surface area contributed by atoms with Crippen LogP contribution >= 0.6 is 0 Å². The molecule has 7 heteroatoms. The molecule has 0 radical (unpaired) electrons. The van der Waals surface area contributed by atoms with Crippen LogP contribution in [0.2, 0.25) is 0 Å². The van der Waals surface area contributed by atoms with Crippen LogP contribution in [0.25, 0.3) is 0 Å². The second-order valence-electron chi connectivity index (χ2n) is 7.72. The minimum atomic E-state index is -0.753. The van der Waals surface area contributed by atoms with E-state index < -0.39 is 23.5 Å². The number of carbonyl (C=O) groups is 2. The Morgan fingerprint density at radius 3 is 2.63 bits per heavy atom. The first kappa shape index (κ1) is 18.7. The van der Waals surface area contributed by atoms with E-state index in [0.717, 1.165) is 5.69 Å².